The van der Waals surface area contributed by atoms with Crippen LogP contribution in [-0.2, 0) is 0 Å². The summed E-state index contributed by atoms with van der Waals surface area (Å²) in [4.78, 5) is 2.48. The second-order valence-electron chi connectivity index (χ2n) is 5.26. The van der Waals surface area contributed by atoms with Crippen molar-refractivity contribution < 1.29 is 5.11 Å². The molecule has 2 heteroatoms. The Morgan fingerprint density at radius 1 is 1.12 bits per heavy atom. The Bertz CT molecular complexity index is 364. The van der Waals surface area contributed by atoms with Crippen LogP contribution in [0.15, 0.2) is 30.3 Å². The number of rotatable bonds is 1. The first kappa shape index (κ1) is 10.3. The van der Waals surface area contributed by atoms with Gasteiger partial charge in [0.15, 0.2) is 0 Å². The molecule has 86 valence electrons. The number of aliphatic hydroxyl groups excluding tert-OH is 1. The van der Waals surface area contributed by atoms with Crippen molar-refractivity contribution in [3.05, 3.63) is 35.9 Å². The van der Waals surface area contributed by atoms with Crippen molar-refractivity contribution in [3.63, 3.8) is 0 Å². The maximum absolute atomic E-state index is 9.85. The smallest absolute Gasteiger partial charge is 0.0570 e. The summed E-state index contributed by atoms with van der Waals surface area (Å²) in [5.41, 5.74) is 1.44. The van der Waals surface area contributed by atoms with Gasteiger partial charge in [0.25, 0.3) is 0 Å². The summed E-state index contributed by atoms with van der Waals surface area (Å²) in [5.74, 6) is 0.619. The van der Waals surface area contributed by atoms with E-state index >= 15 is 0 Å². The molecule has 2 saturated heterocycles. The Kier molecular flexibility index (Phi) is 2.49. The van der Waals surface area contributed by atoms with E-state index in [1.807, 2.05) is 0 Å². The lowest BCUT2D eigenvalue weighted by molar-refractivity contribution is 0.0482. The standard InChI is InChI=1S/C14H19NO/c1-15-11-7-12(16)9-14(15)13(8-11)10-5-3-2-4-6-10/h2-6,11-14,16H,7-9H2,1H3/t11-,12-,13+,14+/m0/s1. The Hall–Kier alpha value is -0.860. The maximum Gasteiger partial charge on any atom is 0.0570 e. The van der Waals surface area contributed by atoms with Gasteiger partial charge in [0.05, 0.1) is 6.10 Å². The van der Waals surface area contributed by atoms with Gasteiger partial charge >= 0.3 is 0 Å². The highest BCUT2D eigenvalue weighted by Gasteiger charge is 2.44. The predicted octanol–water partition coefficient (Wildman–Crippen LogP) is 2.00. The SMILES string of the molecule is CN1[C@H]2C[C@H](O)C[C@@H]1[C@@H](c1ccccc1)C2. The van der Waals surface area contributed by atoms with Gasteiger partial charge in [-0.1, -0.05) is 30.3 Å². The van der Waals surface area contributed by atoms with Crippen LogP contribution in [0.4, 0.5) is 0 Å². The fourth-order valence-corrected chi connectivity index (χ4v) is 3.51. The third-order valence-corrected chi connectivity index (χ3v) is 4.38. The second kappa shape index (κ2) is 3.86. The van der Waals surface area contributed by atoms with Gasteiger partial charge in [0.1, 0.15) is 0 Å². The maximum atomic E-state index is 9.85. The fraction of sp³-hybridized carbons (Fsp3) is 0.571. The van der Waals surface area contributed by atoms with Crippen molar-refractivity contribution in [2.24, 2.45) is 0 Å². The molecule has 1 N–H and O–H groups in total. The summed E-state index contributed by atoms with van der Waals surface area (Å²) in [6.07, 6.45) is 3.02. The van der Waals surface area contributed by atoms with E-state index in [4.69, 9.17) is 0 Å². The first-order chi connectivity index (χ1) is 7.75. The zero-order valence-electron chi connectivity index (χ0n) is 9.71. The zero-order chi connectivity index (χ0) is 11.1. The van der Waals surface area contributed by atoms with Crippen LogP contribution < -0.4 is 0 Å². The molecule has 2 aliphatic heterocycles. The van der Waals surface area contributed by atoms with Crippen LogP contribution in [0, 0.1) is 0 Å². The lowest BCUT2D eigenvalue weighted by atomic mass is 9.90. The van der Waals surface area contributed by atoms with Crippen molar-refractivity contribution in [2.45, 2.75) is 43.4 Å². The molecule has 2 fully saturated rings. The minimum Gasteiger partial charge on any atom is -0.393 e. The van der Waals surface area contributed by atoms with E-state index in [0.717, 1.165) is 12.8 Å². The van der Waals surface area contributed by atoms with Crippen molar-refractivity contribution in [3.8, 4) is 0 Å². The Balaban J connectivity index is 1.89. The quantitative estimate of drug-likeness (QED) is 0.777. The number of hydrogen-bond acceptors (Lipinski definition) is 2. The first-order valence-corrected chi connectivity index (χ1v) is 6.20. The molecule has 0 aliphatic carbocycles. The lowest BCUT2D eigenvalue weighted by Crippen LogP contribution is -2.42. The average molecular weight is 217 g/mol. The molecule has 0 radical (unpaired) electrons. The monoisotopic (exact) mass is 217 g/mol. The molecule has 0 amide bonds. The molecule has 2 aliphatic rings. The van der Waals surface area contributed by atoms with E-state index < -0.39 is 0 Å². The van der Waals surface area contributed by atoms with E-state index in [1.54, 1.807) is 0 Å². The molecule has 0 saturated carbocycles. The molecule has 4 atom stereocenters. The number of nitrogens with zero attached hydrogens (tertiary/aromatic N) is 1. The number of fused-ring (bicyclic) bond motifs is 2. The molecule has 1 aromatic rings. The minimum absolute atomic E-state index is 0.0834. The van der Waals surface area contributed by atoms with Crippen LogP contribution in [-0.4, -0.2) is 35.2 Å². The highest BCUT2D eigenvalue weighted by Crippen LogP contribution is 2.43. The molecule has 0 unspecified atom stereocenters. The van der Waals surface area contributed by atoms with E-state index in [2.05, 4.69) is 42.3 Å². The topological polar surface area (TPSA) is 23.5 Å². The van der Waals surface area contributed by atoms with E-state index in [1.165, 1.54) is 12.0 Å². The lowest BCUT2D eigenvalue weighted by Gasteiger charge is -2.35. The van der Waals surface area contributed by atoms with Gasteiger partial charge in [-0.15, -0.1) is 0 Å². The fourth-order valence-electron chi connectivity index (χ4n) is 3.51. The third kappa shape index (κ3) is 1.57. The van der Waals surface area contributed by atoms with E-state index in [-0.39, 0.29) is 6.10 Å². The summed E-state index contributed by atoms with van der Waals surface area (Å²) in [6.45, 7) is 0. The number of hydrogen-bond donors (Lipinski definition) is 1. The van der Waals surface area contributed by atoms with E-state index in [9.17, 15) is 5.11 Å². The van der Waals surface area contributed by atoms with Gasteiger partial charge in [-0.05, 0) is 31.9 Å². The highest BCUT2D eigenvalue weighted by atomic mass is 16.3. The molecule has 3 rings (SSSR count). The van der Waals surface area contributed by atoms with Gasteiger partial charge in [0.2, 0.25) is 0 Å². The largest absolute Gasteiger partial charge is 0.393 e. The van der Waals surface area contributed by atoms with Crippen molar-refractivity contribution in [1.29, 1.82) is 0 Å². The highest BCUT2D eigenvalue weighted by molar-refractivity contribution is 5.24. The van der Waals surface area contributed by atoms with Crippen molar-refractivity contribution >= 4 is 0 Å². The number of benzene rings is 1. The van der Waals surface area contributed by atoms with Crippen molar-refractivity contribution in [1.82, 2.24) is 4.90 Å². The third-order valence-electron chi connectivity index (χ3n) is 4.38. The summed E-state index contributed by atoms with van der Waals surface area (Å²) in [7, 11) is 2.21. The average Bonchev–Trinajstić information content (AvgIpc) is 2.50. The van der Waals surface area contributed by atoms with Gasteiger partial charge in [-0.25, -0.2) is 0 Å². The van der Waals surface area contributed by atoms with Gasteiger partial charge in [-0.3, -0.25) is 4.90 Å². The van der Waals surface area contributed by atoms with Crippen LogP contribution in [0.3, 0.4) is 0 Å². The van der Waals surface area contributed by atoms with Crippen LogP contribution >= 0.6 is 0 Å². The first-order valence-electron chi connectivity index (χ1n) is 6.20. The number of likely N-dealkylation sites (N-methyl/N-ethyl adjacent to an activating group) is 1. The summed E-state index contributed by atoms with van der Waals surface area (Å²) < 4.78 is 0. The molecular formula is C14H19NO. The Labute approximate surface area is 96.9 Å². The molecule has 0 spiro atoms. The number of aliphatic hydroxyl groups is 1. The molecular weight excluding hydrogens is 198 g/mol. The van der Waals surface area contributed by atoms with Crippen LogP contribution in [0.1, 0.15) is 30.7 Å². The molecule has 1 aromatic carbocycles. The normalized spacial score (nSPS) is 38.9. The summed E-state index contributed by atoms with van der Waals surface area (Å²) in [5, 5.41) is 9.85. The summed E-state index contributed by atoms with van der Waals surface area (Å²) >= 11 is 0. The zero-order valence-corrected chi connectivity index (χ0v) is 9.71. The van der Waals surface area contributed by atoms with Crippen LogP contribution in [0.25, 0.3) is 0 Å². The predicted molar refractivity (Wildman–Crippen MR) is 64.4 cm³/mol. The van der Waals surface area contributed by atoms with Crippen LogP contribution in [0.5, 0.6) is 0 Å². The molecule has 2 heterocycles. The molecule has 16 heavy (non-hydrogen) atoms. The molecule has 2 bridgehead atoms. The van der Waals surface area contributed by atoms with Crippen molar-refractivity contribution in [2.75, 3.05) is 7.05 Å². The van der Waals surface area contributed by atoms with Gasteiger partial charge in [0, 0.05) is 18.0 Å². The van der Waals surface area contributed by atoms with E-state index in [0.29, 0.717) is 18.0 Å². The minimum atomic E-state index is -0.0834. The molecule has 2 nitrogen and oxygen atoms in total. The number of piperidine rings is 1. The molecule has 0 aromatic heterocycles. The van der Waals surface area contributed by atoms with Gasteiger partial charge in [-0.2, -0.15) is 0 Å². The van der Waals surface area contributed by atoms with Gasteiger partial charge < -0.3 is 5.11 Å². The summed E-state index contributed by atoms with van der Waals surface area (Å²) in [6, 6.07) is 11.9. The van der Waals surface area contributed by atoms with Crippen LogP contribution in [0.2, 0.25) is 0 Å². The Morgan fingerprint density at radius 2 is 1.88 bits per heavy atom. The Morgan fingerprint density at radius 3 is 2.62 bits per heavy atom. The second-order valence-corrected chi connectivity index (χ2v) is 5.26.